The first-order chi connectivity index (χ1) is 5.40. The Balaban J connectivity index is 2.41. The van der Waals surface area contributed by atoms with Gasteiger partial charge in [-0.15, -0.1) is 0 Å². The molecule has 1 heterocycles. The van der Waals surface area contributed by atoms with Gasteiger partial charge in [-0.1, -0.05) is 24.8 Å². The SMILES string of the molecule is CCc1ccc2c(c1)SCO2. The minimum absolute atomic E-state index is 0.780. The van der Waals surface area contributed by atoms with Crippen molar-refractivity contribution in [3.8, 4) is 5.75 Å². The van der Waals surface area contributed by atoms with Gasteiger partial charge in [0, 0.05) is 0 Å². The molecule has 1 aliphatic rings. The Morgan fingerprint density at radius 3 is 3.27 bits per heavy atom. The van der Waals surface area contributed by atoms with Gasteiger partial charge in [-0.05, 0) is 24.1 Å². The summed E-state index contributed by atoms with van der Waals surface area (Å²) in [6.45, 7) is 2.17. The molecule has 0 bridgehead atoms. The normalized spacial score (nSPS) is 14.3. The van der Waals surface area contributed by atoms with Crippen LogP contribution in [0.2, 0.25) is 0 Å². The lowest BCUT2D eigenvalue weighted by molar-refractivity contribution is 0.397. The summed E-state index contributed by atoms with van der Waals surface area (Å²) < 4.78 is 5.36. The van der Waals surface area contributed by atoms with Crippen molar-refractivity contribution in [2.24, 2.45) is 0 Å². The highest BCUT2D eigenvalue weighted by Gasteiger charge is 2.11. The highest BCUT2D eigenvalue weighted by Crippen LogP contribution is 2.36. The predicted molar refractivity (Wildman–Crippen MR) is 47.2 cm³/mol. The average molecular weight is 166 g/mol. The van der Waals surface area contributed by atoms with Gasteiger partial charge in [0.25, 0.3) is 0 Å². The predicted octanol–water partition coefficient (Wildman–Crippen LogP) is 2.69. The van der Waals surface area contributed by atoms with Crippen molar-refractivity contribution in [3.63, 3.8) is 0 Å². The van der Waals surface area contributed by atoms with E-state index in [-0.39, 0.29) is 0 Å². The second kappa shape index (κ2) is 2.78. The fourth-order valence-electron chi connectivity index (χ4n) is 1.16. The van der Waals surface area contributed by atoms with Crippen molar-refractivity contribution in [3.05, 3.63) is 23.8 Å². The summed E-state index contributed by atoms with van der Waals surface area (Å²) in [7, 11) is 0. The van der Waals surface area contributed by atoms with Gasteiger partial charge in [-0.3, -0.25) is 0 Å². The summed E-state index contributed by atoms with van der Waals surface area (Å²) in [5.74, 6) is 1.83. The molecule has 0 radical (unpaired) electrons. The molecule has 0 saturated carbocycles. The number of ether oxygens (including phenoxy) is 1. The van der Waals surface area contributed by atoms with Gasteiger partial charge in [0.05, 0.1) is 4.90 Å². The second-order valence-corrected chi connectivity index (χ2v) is 3.51. The molecule has 11 heavy (non-hydrogen) atoms. The van der Waals surface area contributed by atoms with Crippen molar-refractivity contribution in [1.29, 1.82) is 0 Å². The van der Waals surface area contributed by atoms with Crippen LogP contribution in [0, 0.1) is 0 Å². The number of hydrogen-bond donors (Lipinski definition) is 0. The third-order valence-corrected chi connectivity index (χ3v) is 2.71. The first-order valence-corrected chi connectivity index (χ1v) is 4.77. The molecule has 0 spiro atoms. The van der Waals surface area contributed by atoms with Crippen molar-refractivity contribution >= 4 is 11.8 Å². The molecule has 2 heteroatoms. The molecule has 1 nitrogen and oxygen atoms in total. The van der Waals surface area contributed by atoms with Gasteiger partial charge in [-0.25, -0.2) is 0 Å². The molecular weight excluding hydrogens is 156 g/mol. The van der Waals surface area contributed by atoms with Crippen LogP contribution in [0.15, 0.2) is 23.1 Å². The summed E-state index contributed by atoms with van der Waals surface area (Å²) in [4.78, 5) is 1.30. The first kappa shape index (κ1) is 7.04. The summed E-state index contributed by atoms with van der Waals surface area (Å²) in [6, 6.07) is 6.41. The molecule has 2 rings (SSSR count). The Morgan fingerprint density at radius 1 is 1.55 bits per heavy atom. The van der Waals surface area contributed by atoms with E-state index in [2.05, 4.69) is 25.1 Å². The first-order valence-electron chi connectivity index (χ1n) is 3.78. The lowest BCUT2D eigenvalue weighted by atomic mass is 10.2. The van der Waals surface area contributed by atoms with Crippen LogP contribution in [-0.2, 0) is 6.42 Å². The Hall–Kier alpha value is -0.630. The van der Waals surface area contributed by atoms with E-state index in [1.54, 1.807) is 11.8 Å². The lowest BCUT2D eigenvalue weighted by Gasteiger charge is -1.98. The van der Waals surface area contributed by atoms with Crippen molar-refractivity contribution in [1.82, 2.24) is 0 Å². The van der Waals surface area contributed by atoms with Crippen LogP contribution in [0.25, 0.3) is 0 Å². The summed E-state index contributed by atoms with van der Waals surface area (Å²) in [5, 5.41) is 0. The summed E-state index contributed by atoms with van der Waals surface area (Å²) in [5.41, 5.74) is 1.39. The Bertz CT molecular complexity index is 270. The molecule has 1 aliphatic heterocycles. The minimum Gasteiger partial charge on any atom is -0.481 e. The molecule has 0 aliphatic carbocycles. The van der Waals surface area contributed by atoms with E-state index in [0.29, 0.717) is 0 Å². The van der Waals surface area contributed by atoms with E-state index in [1.165, 1.54) is 10.5 Å². The third-order valence-electron chi connectivity index (χ3n) is 1.85. The molecule has 0 amide bonds. The van der Waals surface area contributed by atoms with E-state index in [9.17, 15) is 0 Å². The summed E-state index contributed by atoms with van der Waals surface area (Å²) >= 11 is 1.78. The van der Waals surface area contributed by atoms with Crippen LogP contribution in [-0.4, -0.2) is 5.94 Å². The maximum Gasteiger partial charge on any atom is 0.138 e. The largest absolute Gasteiger partial charge is 0.481 e. The second-order valence-electron chi connectivity index (χ2n) is 2.54. The molecule has 1 aromatic rings. The molecule has 1 aromatic carbocycles. The molecular formula is C9H10OS. The number of aryl methyl sites for hydroxylation is 1. The quantitative estimate of drug-likeness (QED) is 0.634. The van der Waals surface area contributed by atoms with Gasteiger partial charge in [-0.2, -0.15) is 0 Å². The average Bonchev–Trinajstić information content (AvgIpc) is 2.50. The van der Waals surface area contributed by atoms with Crippen LogP contribution in [0.1, 0.15) is 12.5 Å². The molecule has 0 N–H and O–H groups in total. The minimum atomic E-state index is 0.780. The van der Waals surface area contributed by atoms with E-state index in [0.717, 1.165) is 18.1 Å². The Labute approximate surface area is 70.8 Å². The fourth-order valence-corrected chi connectivity index (χ4v) is 1.98. The lowest BCUT2D eigenvalue weighted by Crippen LogP contribution is -1.83. The van der Waals surface area contributed by atoms with Crippen molar-refractivity contribution in [2.75, 3.05) is 5.94 Å². The van der Waals surface area contributed by atoms with Crippen LogP contribution < -0.4 is 4.74 Å². The van der Waals surface area contributed by atoms with Crippen LogP contribution in [0.4, 0.5) is 0 Å². The zero-order valence-corrected chi connectivity index (χ0v) is 7.28. The molecule has 0 unspecified atom stereocenters. The van der Waals surface area contributed by atoms with Gasteiger partial charge in [0.15, 0.2) is 0 Å². The number of benzene rings is 1. The van der Waals surface area contributed by atoms with E-state index in [4.69, 9.17) is 4.74 Å². The van der Waals surface area contributed by atoms with Gasteiger partial charge in [0.2, 0.25) is 0 Å². The molecule has 0 atom stereocenters. The maximum atomic E-state index is 5.36. The summed E-state index contributed by atoms with van der Waals surface area (Å²) in [6.07, 6.45) is 1.10. The van der Waals surface area contributed by atoms with Crippen LogP contribution in [0.5, 0.6) is 5.75 Å². The molecule has 0 aromatic heterocycles. The van der Waals surface area contributed by atoms with E-state index in [1.807, 2.05) is 0 Å². The maximum absolute atomic E-state index is 5.36. The number of rotatable bonds is 1. The zero-order chi connectivity index (χ0) is 7.68. The smallest absolute Gasteiger partial charge is 0.138 e. The van der Waals surface area contributed by atoms with Crippen molar-refractivity contribution in [2.45, 2.75) is 18.2 Å². The van der Waals surface area contributed by atoms with Crippen LogP contribution in [0.3, 0.4) is 0 Å². The van der Waals surface area contributed by atoms with Gasteiger partial charge in [0.1, 0.15) is 11.7 Å². The molecule has 58 valence electrons. The van der Waals surface area contributed by atoms with E-state index >= 15 is 0 Å². The topological polar surface area (TPSA) is 9.23 Å². The number of fused-ring (bicyclic) bond motifs is 1. The zero-order valence-electron chi connectivity index (χ0n) is 6.46. The third kappa shape index (κ3) is 1.23. The molecule has 0 saturated heterocycles. The number of hydrogen-bond acceptors (Lipinski definition) is 2. The Morgan fingerprint density at radius 2 is 2.45 bits per heavy atom. The van der Waals surface area contributed by atoms with Crippen molar-refractivity contribution < 1.29 is 4.74 Å². The van der Waals surface area contributed by atoms with Gasteiger partial charge >= 0.3 is 0 Å². The highest BCUT2D eigenvalue weighted by atomic mass is 32.2. The Kier molecular flexibility index (Phi) is 1.78. The van der Waals surface area contributed by atoms with Crippen LogP contribution >= 0.6 is 11.8 Å². The highest BCUT2D eigenvalue weighted by molar-refractivity contribution is 7.99. The van der Waals surface area contributed by atoms with Gasteiger partial charge < -0.3 is 4.74 Å². The monoisotopic (exact) mass is 166 g/mol. The van der Waals surface area contributed by atoms with E-state index < -0.39 is 0 Å². The standard InChI is InChI=1S/C9H10OS/c1-2-7-3-4-8-9(5-7)11-6-10-8/h3-5H,2,6H2,1H3. The molecule has 0 fully saturated rings. The fraction of sp³-hybridized carbons (Fsp3) is 0.333. The number of thioether (sulfide) groups is 1.